The molecule has 0 aromatic heterocycles. The van der Waals surface area contributed by atoms with Crippen molar-refractivity contribution < 1.29 is 9.90 Å². The first-order valence-corrected chi connectivity index (χ1v) is 7.23. The molecule has 1 saturated heterocycles. The number of rotatable bonds is 3. The highest BCUT2D eigenvalue weighted by atomic mass is 16.3. The van der Waals surface area contributed by atoms with E-state index in [1.807, 2.05) is 36.1 Å². The summed E-state index contributed by atoms with van der Waals surface area (Å²) in [5.74, 6) is 0.357. The lowest BCUT2D eigenvalue weighted by Crippen LogP contribution is -2.45. The van der Waals surface area contributed by atoms with Crippen LogP contribution in [0, 0.1) is 0 Å². The van der Waals surface area contributed by atoms with Crippen LogP contribution in [0.4, 0.5) is 5.69 Å². The zero-order chi connectivity index (χ0) is 14.8. The molecule has 0 saturated carbocycles. The van der Waals surface area contributed by atoms with Crippen LogP contribution in [0.1, 0.15) is 44.6 Å². The van der Waals surface area contributed by atoms with Gasteiger partial charge in [0.1, 0.15) is 0 Å². The van der Waals surface area contributed by atoms with E-state index in [2.05, 4.69) is 6.92 Å². The lowest BCUT2D eigenvalue weighted by molar-refractivity contribution is -0.135. The normalized spacial score (nSPS) is 19.6. The van der Waals surface area contributed by atoms with Gasteiger partial charge in [-0.2, -0.15) is 0 Å². The van der Waals surface area contributed by atoms with Gasteiger partial charge in [0.2, 0.25) is 5.91 Å². The Hall–Kier alpha value is -1.55. The van der Waals surface area contributed by atoms with Gasteiger partial charge in [0.15, 0.2) is 0 Å². The average molecular weight is 276 g/mol. The Labute approximate surface area is 120 Å². The van der Waals surface area contributed by atoms with Crippen molar-refractivity contribution in [3.8, 4) is 0 Å². The lowest BCUT2D eigenvalue weighted by Gasteiger charge is -2.36. The summed E-state index contributed by atoms with van der Waals surface area (Å²) in [7, 11) is 0. The second-order valence-electron chi connectivity index (χ2n) is 6.15. The van der Waals surface area contributed by atoms with Crippen molar-refractivity contribution in [2.24, 2.45) is 0 Å². The number of piperidine rings is 1. The van der Waals surface area contributed by atoms with Gasteiger partial charge >= 0.3 is 0 Å². The van der Waals surface area contributed by atoms with Gasteiger partial charge < -0.3 is 15.7 Å². The van der Waals surface area contributed by atoms with E-state index >= 15 is 0 Å². The standard InChI is InChI=1S/C16H24N2O2/c1-12(13-3-5-14(17)6-4-13)11-15(19)18-9-7-16(2,20)8-10-18/h3-6,12,20H,7-11,17H2,1-2H3. The number of nitrogens with two attached hydrogens (primary N) is 1. The van der Waals surface area contributed by atoms with Crippen molar-refractivity contribution in [1.29, 1.82) is 0 Å². The first-order valence-electron chi connectivity index (χ1n) is 7.23. The van der Waals surface area contributed by atoms with Crippen molar-refractivity contribution in [3.05, 3.63) is 29.8 Å². The Kier molecular flexibility index (Phi) is 4.33. The minimum Gasteiger partial charge on any atom is -0.399 e. The third-order valence-corrected chi connectivity index (χ3v) is 4.18. The van der Waals surface area contributed by atoms with Crippen LogP contribution in [-0.2, 0) is 4.79 Å². The number of aliphatic hydroxyl groups is 1. The molecule has 4 heteroatoms. The molecule has 0 bridgehead atoms. The highest BCUT2D eigenvalue weighted by molar-refractivity contribution is 5.77. The number of hydrogen-bond donors (Lipinski definition) is 2. The number of nitrogen functional groups attached to an aromatic ring is 1. The van der Waals surface area contributed by atoms with Crippen LogP contribution in [-0.4, -0.2) is 34.6 Å². The van der Waals surface area contributed by atoms with Crippen LogP contribution in [0.25, 0.3) is 0 Å². The van der Waals surface area contributed by atoms with E-state index in [4.69, 9.17) is 5.73 Å². The first kappa shape index (κ1) is 14.9. The largest absolute Gasteiger partial charge is 0.399 e. The van der Waals surface area contributed by atoms with Crippen molar-refractivity contribution in [1.82, 2.24) is 4.90 Å². The van der Waals surface area contributed by atoms with Gasteiger partial charge in [-0.1, -0.05) is 19.1 Å². The van der Waals surface area contributed by atoms with E-state index in [1.165, 1.54) is 0 Å². The molecule has 1 aromatic rings. The number of amides is 1. The fraction of sp³-hybridized carbons (Fsp3) is 0.562. The molecule has 1 aliphatic rings. The molecule has 1 amide bonds. The first-order chi connectivity index (χ1) is 9.37. The van der Waals surface area contributed by atoms with E-state index in [0.29, 0.717) is 32.4 Å². The van der Waals surface area contributed by atoms with Gasteiger partial charge in [-0.25, -0.2) is 0 Å². The maximum Gasteiger partial charge on any atom is 0.223 e. The molecule has 1 fully saturated rings. The highest BCUT2D eigenvalue weighted by Gasteiger charge is 2.29. The number of carbonyl (C=O) groups is 1. The fourth-order valence-corrected chi connectivity index (χ4v) is 2.57. The van der Waals surface area contributed by atoms with E-state index in [0.717, 1.165) is 11.3 Å². The van der Waals surface area contributed by atoms with Crippen molar-refractivity contribution in [3.63, 3.8) is 0 Å². The van der Waals surface area contributed by atoms with Gasteiger partial charge in [-0.3, -0.25) is 4.79 Å². The molecule has 0 aliphatic carbocycles. The van der Waals surface area contributed by atoms with Gasteiger partial charge in [-0.15, -0.1) is 0 Å². The Balaban J connectivity index is 1.90. The topological polar surface area (TPSA) is 66.6 Å². The highest BCUT2D eigenvalue weighted by Crippen LogP contribution is 2.25. The maximum atomic E-state index is 12.3. The predicted octanol–water partition coefficient (Wildman–Crippen LogP) is 2.14. The van der Waals surface area contributed by atoms with E-state index in [-0.39, 0.29) is 11.8 Å². The number of likely N-dealkylation sites (tertiary alicyclic amines) is 1. The molecule has 0 spiro atoms. The monoisotopic (exact) mass is 276 g/mol. The third kappa shape index (κ3) is 3.73. The zero-order valence-corrected chi connectivity index (χ0v) is 12.3. The predicted molar refractivity (Wildman–Crippen MR) is 80.3 cm³/mol. The fourth-order valence-electron chi connectivity index (χ4n) is 2.57. The number of hydrogen-bond acceptors (Lipinski definition) is 3. The summed E-state index contributed by atoms with van der Waals surface area (Å²) in [5, 5.41) is 9.91. The molecule has 1 unspecified atom stereocenters. The van der Waals surface area contributed by atoms with Gasteiger partial charge in [0.25, 0.3) is 0 Å². The average Bonchev–Trinajstić information content (AvgIpc) is 2.39. The number of nitrogens with zero attached hydrogens (tertiary/aromatic N) is 1. The summed E-state index contributed by atoms with van der Waals surface area (Å²) in [6.07, 6.45) is 1.83. The molecule has 3 N–H and O–H groups in total. The summed E-state index contributed by atoms with van der Waals surface area (Å²) in [4.78, 5) is 14.1. The molecule has 4 nitrogen and oxygen atoms in total. The van der Waals surface area contributed by atoms with Crippen molar-refractivity contribution >= 4 is 11.6 Å². The second-order valence-corrected chi connectivity index (χ2v) is 6.15. The van der Waals surface area contributed by atoms with Crippen LogP contribution >= 0.6 is 0 Å². The minimum absolute atomic E-state index is 0.171. The quantitative estimate of drug-likeness (QED) is 0.831. The molecule has 20 heavy (non-hydrogen) atoms. The molecular formula is C16H24N2O2. The SMILES string of the molecule is CC(CC(=O)N1CCC(C)(O)CC1)c1ccc(N)cc1. The summed E-state index contributed by atoms with van der Waals surface area (Å²) in [6.45, 7) is 5.20. The van der Waals surface area contributed by atoms with Gasteiger partial charge in [0.05, 0.1) is 5.60 Å². The summed E-state index contributed by atoms with van der Waals surface area (Å²) < 4.78 is 0. The molecule has 2 rings (SSSR count). The van der Waals surface area contributed by atoms with Crippen LogP contribution in [0.5, 0.6) is 0 Å². The van der Waals surface area contributed by atoms with Crippen LogP contribution in [0.2, 0.25) is 0 Å². The van der Waals surface area contributed by atoms with Crippen molar-refractivity contribution in [2.45, 2.75) is 44.6 Å². The van der Waals surface area contributed by atoms with Crippen LogP contribution in [0.15, 0.2) is 24.3 Å². The van der Waals surface area contributed by atoms with E-state index < -0.39 is 5.60 Å². The second kappa shape index (κ2) is 5.83. The van der Waals surface area contributed by atoms with Crippen LogP contribution < -0.4 is 5.73 Å². The Morgan fingerprint density at radius 2 is 1.90 bits per heavy atom. The number of benzene rings is 1. The van der Waals surface area contributed by atoms with Gasteiger partial charge in [0, 0.05) is 25.2 Å². The number of anilines is 1. The summed E-state index contributed by atoms with van der Waals surface area (Å²) in [6, 6.07) is 7.70. The van der Waals surface area contributed by atoms with Crippen LogP contribution in [0.3, 0.4) is 0 Å². The Morgan fingerprint density at radius 1 is 1.35 bits per heavy atom. The van der Waals surface area contributed by atoms with E-state index in [1.54, 1.807) is 0 Å². The number of carbonyl (C=O) groups excluding carboxylic acids is 1. The van der Waals surface area contributed by atoms with E-state index in [9.17, 15) is 9.90 Å². The molecule has 1 heterocycles. The third-order valence-electron chi connectivity index (χ3n) is 4.18. The van der Waals surface area contributed by atoms with Gasteiger partial charge in [-0.05, 0) is 43.4 Å². The smallest absolute Gasteiger partial charge is 0.223 e. The Bertz CT molecular complexity index is 458. The molecular weight excluding hydrogens is 252 g/mol. The summed E-state index contributed by atoms with van der Waals surface area (Å²) in [5.41, 5.74) is 6.94. The molecule has 1 aromatic carbocycles. The molecule has 110 valence electrons. The minimum atomic E-state index is -0.612. The summed E-state index contributed by atoms with van der Waals surface area (Å²) >= 11 is 0. The lowest BCUT2D eigenvalue weighted by atomic mass is 9.92. The molecule has 0 radical (unpaired) electrons. The maximum absolute atomic E-state index is 12.3. The molecule has 1 atom stereocenters. The Morgan fingerprint density at radius 3 is 2.45 bits per heavy atom. The molecule has 1 aliphatic heterocycles. The zero-order valence-electron chi connectivity index (χ0n) is 12.3. The van der Waals surface area contributed by atoms with Crippen molar-refractivity contribution in [2.75, 3.05) is 18.8 Å².